The van der Waals surface area contributed by atoms with Crippen molar-refractivity contribution < 1.29 is 23.1 Å². The highest BCUT2D eigenvalue weighted by Gasteiger charge is 2.38. The Morgan fingerprint density at radius 1 is 1.13 bits per heavy atom. The lowest BCUT2D eigenvalue weighted by Crippen LogP contribution is -2.43. The van der Waals surface area contributed by atoms with Crippen LogP contribution in [0.1, 0.15) is 18.4 Å². The second-order valence-electron chi connectivity index (χ2n) is 7.27. The molecule has 1 fully saturated rings. The lowest BCUT2D eigenvalue weighted by atomic mass is 10.0. The standard InChI is InChI=1S/C20H22ClN3.C2HF3O2/c21-19-13-18(12-16-6-11-23-20(16)19)24(17-7-9-22-10-8-17)14-15-4-2-1-3-5-15;3-2(4,5)1(6)7/h1-6,11-13,17,22-23H,7-10,14H2;(H,6,7). The van der Waals surface area contributed by atoms with E-state index in [4.69, 9.17) is 21.5 Å². The molecule has 0 unspecified atom stereocenters. The van der Waals surface area contributed by atoms with Crippen molar-refractivity contribution in [2.75, 3.05) is 18.0 Å². The van der Waals surface area contributed by atoms with Crippen LogP contribution in [0.15, 0.2) is 54.7 Å². The van der Waals surface area contributed by atoms with Gasteiger partial charge in [-0.3, -0.25) is 0 Å². The average Bonchev–Trinajstić information content (AvgIpc) is 3.22. The van der Waals surface area contributed by atoms with E-state index in [0.29, 0.717) is 6.04 Å². The quantitative estimate of drug-likeness (QED) is 0.507. The fraction of sp³-hybridized carbons (Fsp3) is 0.318. The molecule has 3 aromatic rings. The number of carboxylic acids is 1. The maximum absolute atomic E-state index is 10.6. The average molecular weight is 454 g/mol. The van der Waals surface area contributed by atoms with Crippen molar-refractivity contribution in [3.8, 4) is 0 Å². The van der Waals surface area contributed by atoms with Gasteiger partial charge in [0, 0.05) is 29.9 Å². The van der Waals surface area contributed by atoms with E-state index in [1.807, 2.05) is 6.20 Å². The molecule has 0 atom stereocenters. The van der Waals surface area contributed by atoms with E-state index < -0.39 is 12.1 Å². The normalized spacial score (nSPS) is 14.7. The maximum Gasteiger partial charge on any atom is 0.490 e. The molecule has 31 heavy (non-hydrogen) atoms. The van der Waals surface area contributed by atoms with Crippen molar-refractivity contribution in [3.63, 3.8) is 0 Å². The van der Waals surface area contributed by atoms with E-state index >= 15 is 0 Å². The largest absolute Gasteiger partial charge is 0.490 e. The van der Waals surface area contributed by atoms with E-state index in [9.17, 15) is 13.2 Å². The zero-order valence-electron chi connectivity index (χ0n) is 16.6. The molecule has 166 valence electrons. The number of nitrogens with one attached hydrogen (secondary N) is 2. The van der Waals surface area contributed by atoms with Crippen LogP contribution in [0.2, 0.25) is 5.02 Å². The Morgan fingerprint density at radius 3 is 2.39 bits per heavy atom. The van der Waals surface area contributed by atoms with E-state index in [-0.39, 0.29) is 0 Å². The summed E-state index contributed by atoms with van der Waals surface area (Å²) in [7, 11) is 0. The third-order valence-corrected chi connectivity index (χ3v) is 5.41. The minimum atomic E-state index is -5.08. The highest BCUT2D eigenvalue weighted by atomic mass is 35.5. The predicted molar refractivity (Wildman–Crippen MR) is 116 cm³/mol. The van der Waals surface area contributed by atoms with Gasteiger partial charge in [0.05, 0.1) is 10.5 Å². The molecule has 0 aliphatic carbocycles. The van der Waals surface area contributed by atoms with Crippen molar-refractivity contribution in [1.82, 2.24) is 10.3 Å². The summed E-state index contributed by atoms with van der Waals surface area (Å²) in [6, 6.07) is 17.7. The minimum Gasteiger partial charge on any atom is -0.475 e. The zero-order valence-corrected chi connectivity index (χ0v) is 17.4. The molecule has 0 saturated carbocycles. The number of benzene rings is 2. The maximum atomic E-state index is 10.6. The smallest absolute Gasteiger partial charge is 0.475 e. The van der Waals surface area contributed by atoms with Gasteiger partial charge in [-0.15, -0.1) is 0 Å². The zero-order chi connectivity index (χ0) is 22.4. The molecule has 0 spiro atoms. The number of piperidine rings is 1. The molecular formula is C22H23ClF3N3O2. The summed E-state index contributed by atoms with van der Waals surface area (Å²) < 4.78 is 31.7. The van der Waals surface area contributed by atoms with Gasteiger partial charge in [-0.1, -0.05) is 41.9 Å². The van der Waals surface area contributed by atoms with Crippen molar-refractivity contribution >= 4 is 34.2 Å². The predicted octanol–water partition coefficient (Wildman–Crippen LogP) is 5.21. The van der Waals surface area contributed by atoms with Gasteiger partial charge in [0.2, 0.25) is 0 Å². The number of anilines is 1. The Labute approximate surface area is 182 Å². The molecule has 0 bridgehead atoms. The lowest BCUT2D eigenvalue weighted by Gasteiger charge is -2.37. The number of H-pyrrole nitrogens is 1. The van der Waals surface area contributed by atoms with E-state index in [0.717, 1.165) is 43.0 Å². The van der Waals surface area contributed by atoms with Crippen molar-refractivity contribution in [1.29, 1.82) is 0 Å². The Hall–Kier alpha value is -2.71. The fourth-order valence-electron chi connectivity index (χ4n) is 3.61. The Morgan fingerprint density at radius 2 is 1.77 bits per heavy atom. The number of alkyl halides is 3. The van der Waals surface area contributed by atoms with Gasteiger partial charge in [0.25, 0.3) is 0 Å². The number of carbonyl (C=O) groups is 1. The highest BCUT2D eigenvalue weighted by molar-refractivity contribution is 6.35. The number of nitrogens with zero attached hydrogens (tertiary/aromatic N) is 1. The lowest BCUT2D eigenvalue weighted by molar-refractivity contribution is -0.192. The van der Waals surface area contributed by atoms with Crippen LogP contribution < -0.4 is 10.2 Å². The van der Waals surface area contributed by atoms with Crippen LogP contribution in [0.5, 0.6) is 0 Å². The van der Waals surface area contributed by atoms with Crippen molar-refractivity contribution in [2.45, 2.75) is 31.6 Å². The van der Waals surface area contributed by atoms with Crippen LogP contribution in [0.3, 0.4) is 0 Å². The van der Waals surface area contributed by atoms with Gasteiger partial charge < -0.3 is 20.3 Å². The van der Waals surface area contributed by atoms with Gasteiger partial charge in [-0.25, -0.2) is 4.79 Å². The molecule has 0 amide bonds. The SMILES string of the molecule is Clc1cc(N(Cc2ccccc2)C2CCNCC2)cc2cc[nH]c12.O=C(O)C(F)(F)F. The molecule has 1 aliphatic rings. The van der Waals surface area contributed by atoms with Crippen LogP contribution in [0.25, 0.3) is 10.9 Å². The molecule has 4 rings (SSSR count). The highest BCUT2D eigenvalue weighted by Crippen LogP contribution is 2.32. The summed E-state index contributed by atoms with van der Waals surface area (Å²) >= 11 is 6.52. The fourth-order valence-corrected chi connectivity index (χ4v) is 3.88. The summed E-state index contributed by atoms with van der Waals surface area (Å²) in [5.74, 6) is -2.76. The van der Waals surface area contributed by atoms with Gasteiger partial charge >= 0.3 is 12.1 Å². The Kier molecular flexibility index (Phi) is 7.46. The second-order valence-corrected chi connectivity index (χ2v) is 7.67. The number of hydrogen-bond acceptors (Lipinski definition) is 3. The van der Waals surface area contributed by atoms with E-state index in [2.05, 4.69) is 63.7 Å². The van der Waals surface area contributed by atoms with Crippen molar-refractivity contribution in [2.24, 2.45) is 0 Å². The summed E-state index contributed by atoms with van der Waals surface area (Å²) in [5.41, 5.74) is 3.56. The van der Waals surface area contributed by atoms with Crippen LogP contribution in [0.4, 0.5) is 18.9 Å². The van der Waals surface area contributed by atoms with Gasteiger partial charge in [-0.05, 0) is 49.7 Å². The number of halogens is 4. The number of aromatic nitrogens is 1. The monoisotopic (exact) mass is 453 g/mol. The van der Waals surface area contributed by atoms with Gasteiger partial charge in [-0.2, -0.15) is 13.2 Å². The number of aromatic amines is 1. The first-order valence-electron chi connectivity index (χ1n) is 9.83. The number of aliphatic carboxylic acids is 1. The van der Waals surface area contributed by atoms with Gasteiger partial charge in [0.1, 0.15) is 0 Å². The minimum absolute atomic E-state index is 0.541. The number of fused-ring (bicyclic) bond motifs is 1. The molecule has 5 nitrogen and oxygen atoms in total. The third-order valence-electron chi connectivity index (χ3n) is 5.12. The Balaban J connectivity index is 0.000000339. The first-order chi connectivity index (χ1) is 14.8. The topological polar surface area (TPSA) is 68.4 Å². The molecule has 1 aliphatic heterocycles. The number of carboxylic acid groups (broad SMARTS) is 1. The summed E-state index contributed by atoms with van der Waals surface area (Å²) in [4.78, 5) is 14.6. The van der Waals surface area contributed by atoms with E-state index in [1.54, 1.807) is 0 Å². The first kappa shape index (κ1) is 23.0. The summed E-state index contributed by atoms with van der Waals surface area (Å²) in [6.45, 7) is 3.07. The summed E-state index contributed by atoms with van der Waals surface area (Å²) in [6.07, 6.45) is -0.808. The molecular weight excluding hydrogens is 431 g/mol. The first-order valence-corrected chi connectivity index (χ1v) is 10.2. The van der Waals surface area contributed by atoms with Crippen molar-refractivity contribution in [3.05, 3.63) is 65.3 Å². The Bertz CT molecular complexity index is 1000. The van der Waals surface area contributed by atoms with Gasteiger partial charge in [0.15, 0.2) is 0 Å². The van der Waals surface area contributed by atoms with E-state index in [1.165, 1.54) is 16.6 Å². The number of hydrogen-bond donors (Lipinski definition) is 3. The molecule has 3 N–H and O–H groups in total. The molecule has 9 heteroatoms. The molecule has 2 heterocycles. The second kappa shape index (κ2) is 10.1. The third kappa shape index (κ3) is 6.15. The summed E-state index contributed by atoms with van der Waals surface area (Å²) in [5, 5.41) is 12.6. The van der Waals surface area contributed by atoms with Crippen LogP contribution in [-0.2, 0) is 11.3 Å². The molecule has 1 aromatic heterocycles. The molecule has 2 aromatic carbocycles. The van der Waals surface area contributed by atoms with Crippen LogP contribution in [-0.4, -0.2) is 41.4 Å². The molecule has 0 radical (unpaired) electrons. The van der Waals surface area contributed by atoms with Crippen LogP contribution in [0, 0.1) is 0 Å². The number of rotatable bonds is 4. The van der Waals surface area contributed by atoms with Crippen LogP contribution >= 0.6 is 11.6 Å². The molecule has 1 saturated heterocycles.